The van der Waals surface area contributed by atoms with E-state index in [4.69, 9.17) is 4.74 Å². The molecule has 0 radical (unpaired) electrons. The van der Waals surface area contributed by atoms with E-state index in [0.717, 1.165) is 10.5 Å². The Morgan fingerprint density at radius 1 is 1.00 bits per heavy atom. The number of carboxylic acid groups (broad SMARTS) is 1. The summed E-state index contributed by atoms with van der Waals surface area (Å²) in [6, 6.07) is 17.4. The van der Waals surface area contributed by atoms with Crippen molar-refractivity contribution in [3.05, 3.63) is 66.2 Å². The summed E-state index contributed by atoms with van der Waals surface area (Å²) in [7, 11) is 0. The summed E-state index contributed by atoms with van der Waals surface area (Å²) in [6.07, 6.45) is -1.84. The molecule has 146 valence electrons. The highest BCUT2D eigenvalue weighted by Gasteiger charge is 2.40. The zero-order valence-electron chi connectivity index (χ0n) is 15.1. The van der Waals surface area contributed by atoms with Crippen molar-refractivity contribution in [1.82, 2.24) is 10.2 Å². The molecule has 1 aliphatic rings. The van der Waals surface area contributed by atoms with Crippen LogP contribution in [0.4, 0.5) is 15.3 Å². The largest absolute Gasteiger partial charge is 0.465 e. The first kappa shape index (κ1) is 19.2. The van der Waals surface area contributed by atoms with Crippen LogP contribution >= 0.6 is 0 Å². The average molecular weight is 383 g/mol. The van der Waals surface area contributed by atoms with Crippen molar-refractivity contribution >= 4 is 23.8 Å². The number of para-hydroxylation sites is 1. The number of carbonyl (C=O) groups is 3. The topological polar surface area (TPSA) is 108 Å². The van der Waals surface area contributed by atoms with Crippen LogP contribution in [0.5, 0.6) is 0 Å². The maximum Gasteiger partial charge on any atom is 0.407 e. The summed E-state index contributed by atoms with van der Waals surface area (Å²) in [5.41, 5.74) is 1.43. The molecule has 0 saturated carbocycles. The molecule has 0 spiro atoms. The quantitative estimate of drug-likeness (QED) is 0.735. The Kier molecular flexibility index (Phi) is 6.11. The van der Waals surface area contributed by atoms with Crippen LogP contribution in [0.2, 0.25) is 0 Å². The second-order valence-corrected chi connectivity index (χ2v) is 6.46. The first-order valence-electron chi connectivity index (χ1n) is 8.84. The molecule has 8 heteroatoms. The van der Waals surface area contributed by atoms with Crippen molar-refractivity contribution in [1.29, 1.82) is 0 Å². The van der Waals surface area contributed by atoms with Crippen molar-refractivity contribution in [3.63, 3.8) is 0 Å². The number of ether oxygens (including phenoxy) is 1. The summed E-state index contributed by atoms with van der Waals surface area (Å²) in [6.45, 7) is 0.100. The van der Waals surface area contributed by atoms with E-state index in [1.54, 1.807) is 24.3 Å². The second kappa shape index (κ2) is 8.90. The number of amides is 3. The van der Waals surface area contributed by atoms with Crippen LogP contribution in [0.3, 0.4) is 0 Å². The van der Waals surface area contributed by atoms with Crippen LogP contribution in [0.1, 0.15) is 5.56 Å². The molecule has 8 nitrogen and oxygen atoms in total. The van der Waals surface area contributed by atoms with Gasteiger partial charge in [0.2, 0.25) is 5.91 Å². The number of rotatable bonds is 5. The molecule has 1 heterocycles. The van der Waals surface area contributed by atoms with E-state index < -0.39 is 24.1 Å². The third-order valence-corrected chi connectivity index (χ3v) is 4.48. The van der Waals surface area contributed by atoms with E-state index in [2.05, 4.69) is 10.6 Å². The number of hydrogen-bond donors (Lipinski definition) is 3. The predicted octanol–water partition coefficient (Wildman–Crippen LogP) is 2.53. The molecular formula is C20H21N3O5. The lowest BCUT2D eigenvalue weighted by atomic mass is 10.0. The number of nitrogens with one attached hydrogen (secondary N) is 2. The van der Waals surface area contributed by atoms with Crippen LogP contribution in [0.25, 0.3) is 0 Å². The Morgan fingerprint density at radius 3 is 2.29 bits per heavy atom. The highest BCUT2D eigenvalue weighted by atomic mass is 16.5. The maximum atomic E-state index is 12.6. The van der Waals surface area contributed by atoms with E-state index in [9.17, 15) is 19.5 Å². The molecule has 28 heavy (non-hydrogen) atoms. The SMILES string of the molecule is O=C(N[C@@H]1CN(C(=O)O)C[C@H]1C(=O)Nc1ccccc1)OCc1ccccc1. The second-order valence-electron chi connectivity index (χ2n) is 6.46. The fourth-order valence-corrected chi connectivity index (χ4v) is 3.04. The molecule has 1 saturated heterocycles. The molecular weight excluding hydrogens is 362 g/mol. The molecule has 2 aromatic rings. The fraction of sp³-hybridized carbons (Fsp3) is 0.250. The Labute approximate surface area is 162 Å². The zero-order valence-corrected chi connectivity index (χ0v) is 15.1. The molecule has 0 unspecified atom stereocenters. The standard InChI is InChI=1S/C20H21N3O5/c24-18(21-15-9-5-2-6-10-15)16-11-23(20(26)27)12-17(16)22-19(25)28-13-14-7-3-1-4-8-14/h1-10,16-17H,11-13H2,(H,21,24)(H,22,25)(H,26,27)/t16-,17-/m1/s1. The molecule has 1 aliphatic heterocycles. The van der Waals surface area contributed by atoms with Gasteiger partial charge < -0.3 is 25.4 Å². The lowest BCUT2D eigenvalue weighted by Gasteiger charge is -2.19. The van der Waals surface area contributed by atoms with E-state index in [1.807, 2.05) is 36.4 Å². The third kappa shape index (κ3) is 5.00. The third-order valence-electron chi connectivity index (χ3n) is 4.48. The summed E-state index contributed by atoms with van der Waals surface area (Å²) >= 11 is 0. The van der Waals surface area contributed by atoms with Gasteiger partial charge in [0.05, 0.1) is 12.0 Å². The smallest absolute Gasteiger partial charge is 0.407 e. The van der Waals surface area contributed by atoms with Gasteiger partial charge in [-0.2, -0.15) is 0 Å². The monoisotopic (exact) mass is 383 g/mol. The molecule has 3 N–H and O–H groups in total. The Morgan fingerprint density at radius 2 is 1.64 bits per heavy atom. The fourth-order valence-electron chi connectivity index (χ4n) is 3.04. The van der Waals surface area contributed by atoms with Crippen molar-refractivity contribution in [2.24, 2.45) is 5.92 Å². The molecule has 3 amide bonds. The minimum atomic E-state index is -1.14. The van der Waals surface area contributed by atoms with Gasteiger partial charge in [0.1, 0.15) is 6.61 Å². The number of hydrogen-bond acceptors (Lipinski definition) is 4. The molecule has 0 bridgehead atoms. The minimum absolute atomic E-state index is 0.00235. The number of nitrogens with zero attached hydrogens (tertiary/aromatic N) is 1. The average Bonchev–Trinajstić information content (AvgIpc) is 3.12. The zero-order chi connectivity index (χ0) is 19.9. The van der Waals surface area contributed by atoms with Gasteiger partial charge in [-0.15, -0.1) is 0 Å². The summed E-state index contributed by atoms with van der Waals surface area (Å²) in [5, 5.41) is 14.6. The van der Waals surface area contributed by atoms with Gasteiger partial charge in [-0.1, -0.05) is 48.5 Å². The summed E-state index contributed by atoms with van der Waals surface area (Å²) in [5.74, 6) is -1.08. The van der Waals surface area contributed by atoms with Gasteiger partial charge in [0.25, 0.3) is 0 Å². The van der Waals surface area contributed by atoms with Gasteiger partial charge >= 0.3 is 12.2 Å². The van der Waals surface area contributed by atoms with Gasteiger partial charge in [-0.05, 0) is 17.7 Å². The lowest BCUT2D eigenvalue weighted by molar-refractivity contribution is -0.119. The highest BCUT2D eigenvalue weighted by molar-refractivity contribution is 5.94. The van der Waals surface area contributed by atoms with Crippen LogP contribution in [0, 0.1) is 5.92 Å². The predicted molar refractivity (Wildman–Crippen MR) is 102 cm³/mol. The molecule has 3 rings (SSSR count). The Balaban J connectivity index is 1.61. The summed E-state index contributed by atoms with van der Waals surface area (Å²) < 4.78 is 5.18. The maximum absolute atomic E-state index is 12.6. The molecule has 0 aliphatic carbocycles. The van der Waals surface area contributed by atoms with Crippen molar-refractivity contribution in [3.8, 4) is 0 Å². The van der Waals surface area contributed by atoms with Crippen LogP contribution in [0.15, 0.2) is 60.7 Å². The first-order chi connectivity index (χ1) is 13.5. The van der Waals surface area contributed by atoms with Crippen LogP contribution < -0.4 is 10.6 Å². The number of benzene rings is 2. The first-order valence-corrected chi connectivity index (χ1v) is 8.84. The highest BCUT2D eigenvalue weighted by Crippen LogP contribution is 2.20. The molecule has 2 atom stereocenters. The molecule has 1 fully saturated rings. The van der Waals surface area contributed by atoms with Crippen LogP contribution in [-0.4, -0.2) is 47.2 Å². The van der Waals surface area contributed by atoms with Crippen molar-refractivity contribution < 1.29 is 24.2 Å². The van der Waals surface area contributed by atoms with E-state index >= 15 is 0 Å². The molecule has 2 aromatic carbocycles. The van der Waals surface area contributed by atoms with E-state index in [-0.39, 0.29) is 25.6 Å². The Hall–Kier alpha value is -3.55. The van der Waals surface area contributed by atoms with E-state index in [0.29, 0.717) is 5.69 Å². The normalized spacial score (nSPS) is 18.4. The van der Waals surface area contributed by atoms with Crippen molar-refractivity contribution in [2.45, 2.75) is 12.6 Å². The summed E-state index contributed by atoms with van der Waals surface area (Å²) in [4.78, 5) is 37.2. The number of alkyl carbamates (subject to hydrolysis) is 1. The Bertz CT molecular complexity index is 828. The number of likely N-dealkylation sites (tertiary alicyclic amines) is 1. The van der Waals surface area contributed by atoms with E-state index in [1.165, 1.54) is 0 Å². The number of carbonyl (C=O) groups excluding carboxylic acids is 2. The van der Waals surface area contributed by atoms with Gasteiger partial charge in [-0.3, -0.25) is 4.79 Å². The van der Waals surface area contributed by atoms with Crippen LogP contribution in [-0.2, 0) is 16.1 Å². The minimum Gasteiger partial charge on any atom is -0.465 e. The van der Waals surface area contributed by atoms with Gasteiger partial charge in [0, 0.05) is 18.8 Å². The van der Waals surface area contributed by atoms with Gasteiger partial charge in [0.15, 0.2) is 0 Å². The number of anilines is 1. The lowest BCUT2D eigenvalue weighted by Crippen LogP contribution is -2.44. The van der Waals surface area contributed by atoms with Crippen molar-refractivity contribution in [2.75, 3.05) is 18.4 Å². The molecule has 0 aromatic heterocycles. The van der Waals surface area contributed by atoms with Gasteiger partial charge in [-0.25, -0.2) is 9.59 Å².